The standard InChI is InChI=1S/C16H23F2NO/c1-4-10-19-14(11-12(3)5-2)13-8-6-7-9-15(13)20-16(17)18/h6-9,14,16,19H,3-5,10-11H2,1-2H3. The zero-order valence-electron chi connectivity index (χ0n) is 12.2. The summed E-state index contributed by atoms with van der Waals surface area (Å²) in [5, 5.41) is 3.38. The number of nitrogens with one attached hydrogen (secondary N) is 1. The smallest absolute Gasteiger partial charge is 0.387 e. The van der Waals surface area contributed by atoms with Crippen molar-refractivity contribution in [2.75, 3.05) is 6.54 Å². The fourth-order valence-electron chi connectivity index (χ4n) is 2.02. The lowest BCUT2D eigenvalue weighted by atomic mass is 9.97. The van der Waals surface area contributed by atoms with Crippen molar-refractivity contribution in [3.8, 4) is 5.75 Å². The van der Waals surface area contributed by atoms with E-state index in [0.29, 0.717) is 0 Å². The predicted octanol–water partition coefficient (Wildman–Crippen LogP) is 4.69. The van der Waals surface area contributed by atoms with Crippen LogP contribution >= 0.6 is 0 Å². The molecule has 0 aromatic heterocycles. The van der Waals surface area contributed by atoms with Gasteiger partial charge in [-0.2, -0.15) is 8.78 Å². The summed E-state index contributed by atoms with van der Waals surface area (Å²) in [4.78, 5) is 0. The quantitative estimate of drug-likeness (QED) is 0.664. The van der Waals surface area contributed by atoms with E-state index in [-0.39, 0.29) is 11.8 Å². The highest BCUT2D eigenvalue weighted by Gasteiger charge is 2.18. The highest BCUT2D eigenvalue weighted by atomic mass is 19.3. The average molecular weight is 283 g/mol. The molecule has 0 radical (unpaired) electrons. The molecule has 112 valence electrons. The van der Waals surface area contributed by atoms with Gasteiger partial charge in [0.2, 0.25) is 0 Å². The maximum absolute atomic E-state index is 12.5. The topological polar surface area (TPSA) is 21.3 Å². The third-order valence-corrected chi connectivity index (χ3v) is 3.14. The van der Waals surface area contributed by atoms with Gasteiger partial charge in [0.1, 0.15) is 5.75 Å². The molecule has 0 aliphatic rings. The summed E-state index contributed by atoms with van der Waals surface area (Å²) in [6.07, 6.45) is 2.58. The van der Waals surface area contributed by atoms with Crippen LogP contribution in [-0.2, 0) is 0 Å². The van der Waals surface area contributed by atoms with Gasteiger partial charge in [-0.3, -0.25) is 0 Å². The summed E-state index contributed by atoms with van der Waals surface area (Å²) in [5.74, 6) is 0.236. The highest BCUT2D eigenvalue weighted by Crippen LogP contribution is 2.30. The lowest BCUT2D eigenvalue weighted by molar-refractivity contribution is -0.0507. The second kappa shape index (κ2) is 8.69. The van der Waals surface area contributed by atoms with Crippen molar-refractivity contribution < 1.29 is 13.5 Å². The molecule has 0 amide bonds. The van der Waals surface area contributed by atoms with Crippen molar-refractivity contribution in [2.45, 2.75) is 45.8 Å². The monoisotopic (exact) mass is 283 g/mol. The molecule has 4 heteroatoms. The molecule has 0 spiro atoms. The molecular weight excluding hydrogens is 260 g/mol. The van der Waals surface area contributed by atoms with E-state index in [9.17, 15) is 8.78 Å². The number of ether oxygens (including phenoxy) is 1. The van der Waals surface area contributed by atoms with Crippen molar-refractivity contribution in [1.82, 2.24) is 5.32 Å². The van der Waals surface area contributed by atoms with Crippen LogP contribution in [0.3, 0.4) is 0 Å². The van der Waals surface area contributed by atoms with Gasteiger partial charge in [-0.25, -0.2) is 0 Å². The molecule has 1 atom stereocenters. The average Bonchev–Trinajstić information content (AvgIpc) is 2.43. The second-order valence-corrected chi connectivity index (χ2v) is 4.73. The molecule has 1 rings (SSSR count). The highest BCUT2D eigenvalue weighted by molar-refractivity contribution is 5.36. The van der Waals surface area contributed by atoms with E-state index in [1.165, 1.54) is 0 Å². The summed E-state index contributed by atoms with van der Waals surface area (Å²) in [7, 11) is 0. The summed E-state index contributed by atoms with van der Waals surface area (Å²) >= 11 is 0. The molecular formula is C16H23F2NO. The zero-order valence-corrected chi connectivity index (χ0v) is 12.2. The molecule has 0 heterocycles. The fourth-order valence-corrected chi connectivity index (χ4v) is 2.02. The van der Waals surface area contributed by atoms with Gasteiger partial charge in [0.15, 0.2) is 0 Å². The summed E-state index contributed by atoms with van der Waals surface area (Å²) < 4.78 is 29.6. The Labute approximate surface area is 119 Å². The number of rotatable bonds is 9. The number of hydrogen-bond acceptors (Lipinski definition) is 2. The Morgan fingerprint density at radius 3 is 2.60 bits per heavy atom. The van der Waals surface area contributed by atoms with Gasteiger partial charge in [-0.1, -0.05) is 44.2 Å². The Bertz CT molecular complexity index is 421. The first-order valence-electron chi connectivity index (χ1n) is 7.02. The Balaban J connectivity index is 2.96. The lowest BCUT2D eigenvalue weighted by Gasteiger charge is -2.22. The van der Waals surface area contributed by atoms with E-state index in [1.807, 2.05) is 19.1 Å². The Kier molecular flexibility index (Phi) is 7.23. The van der Waals surface area contributed by atoms with Crippen LogP contribution in [0.25, 0.3) is 0 Å². The number of benzene rings is 1. The van der Waals surface area contributed by atoms with Crippen molar-refractivity contribution in [3.63, 3.8) is 0 Å². The molecule has 0 saturated carbocycles. The number of alkyl halides is 2. The normalized spacial score (nSPS) is 12.4. The van der Waals surface area contributed by atoms with Gasteiger partial charge in [0, 0.05) is 11.6 Å². The SMILES string of the molecule is C=C(CC)CC(NCCC)c1ccccc1OC(F)F. The first kappa shape index (κ1) is 16.6. The van der Waals surface area contributed by atoms with E-state index in [0.717, 1.165) is 36.9 Å². The van der Waals surface area contributed by atoms with Gasteiger partial charge in [-0.05, 0) is 31.9 Å². The maximum atomic E-state index is 12.5. The summed E-state index contributed by atoms with van der Waals surface area (Å²) in [5.41, 5.74) is 1.85. The first-order valence-corrected chi connectivity index (χ1v) is 7.02. The van der Waals surface area contributed by atoms with Crippen LogP contribution in [0.1, 0.15) is 44.7 Å². The Morgan fingerprint density at radius 1 is 1.30 bits per heavy atom. The van der Waals surface area contributed by atoms with Crippen LogP contribution in [-0.4, -0.2) is 13.2 Å². The molecule has 0 aliphatic carbocycles. The van der Waals surface area contributed by atoms with Crippen molar-refractivity contribution in [3.05, 3.63) is 42.0 Å². The van der Waals surface area contributed by atoms with Gasteiger partial charge < -0.3 is 10.1 Å². The van der Waals surface area contributed by atoms with E-state index in [4.69, 9.17) is 0 Å². The number of hydrogen-bond donors (Lipinski definition) is 1. The Hall–Kier alpha value is -1.42. The fraction of sp³-hybridized carbons (Fsp3) is 0.500. The number of halogens is 2. The molecule has 1 N–H and O–H groups in total. The molecule has 0 aliphatic heterocycles. The minimum Gasteiger partial charge on any atom is -0.434 e. The summed E-state index contributed by atoms with van der Waals surface area (Å²) in [6.45, 7) is 6.14. The Morgan fingerprint density at radius 2 is 2.00 bits per heavy atom. The third-order valence-electron chi connectivity index (χ3n) is 3.14. The van der Waals surface area contributed by atoms with Gasteiger partial charge >= 0.3 is 6.61 Å². The number of para-hydroxylation sites is 1. The van der Waals surface area contributed by atoms with Gasteiger partial charge in [0.25, 0.3) is 0 Å². The molecule has 0 saturated heterocycles. The van der Waals surface area contributed by atoms with E-state index < -0.39 is 6.61 Å². The van der Waals surface area contributed by atoms with E-state index in [1.54, 1.807) is 12.1 Å². The van der Waals surface area contributed by atoms with E-state index >= 15 is 0 Å². The van der Waals surface area contributed by atoms with Crippen LogP contribution in [0.5, 0.6) is 5.75 Å². The van der Waals surface area contributed by atoms with Crippen LogP contribution in [0.4, 0.5) is 8.78 Å². The molecule has 1 unspecified atom stereocenters. The van der Waals surface area contributed by atoms with E-state index in [2.05, 4.69) is 23.6 Å². The van der Waals surface area contributed by atoms with Crippen LogP contribution < -0.4 is 10.1 Å². The first-order chi connectivity index (χ1) is 9.58. The summed E-state index contributed by atoms with van der Waals surface area (Å²) in [6, 6.07) is 6.90. The zero-order chi connectivity index (χ0) is 15.0. The molecule has 1 aromatic rings. The van der Waals surface area contributed by atoms with Crippen LogP contribution in [0.2, 0.25) is 0 Å². The molecule has 0 fully saturated rings. The van der Waals surface area contributed by atoms with Crippen molar-refractivity contribution in [1.29, 1.82) is 0 Å². The minimum absolute atomic E-state index is 0.0441. The predicted molar refractivity (Wildman–Crippen MR) is 78.2 cm³/mol. The van der Waals surface area contributed by atoms with Crippen LogP contribution in [0.15, 0.2) is 36.4 Å². The largest absolute Gasteiger partial charge is 0.434 e. The maximum Gasteiger partial charge on any atom is 0.387 e. The molecule has 0 bridgehead atoms. The molecule has 2 nitrogen and oxygen atoms in total. The third kappa shape index (κ3) is 5.29. The van der Waals surface area contributed by atoms with Gasteiger partial charge in [0.05, 0.1) is 0 Å². The minimum atomic E-state index is -2.81. The van der Waals surface area contributed by atoms with Crippen LogP contribution in [0, 0.1) is 0 Å². The van der Waals surface area contributed by atoms with Gasteiger partial charge in [-0.15, -0.1) is 0 Å². The second-order valence-electron chi connectivity index (χ2n) is 4.73. The molecule has 1 aromatic carbocycles. The lowest BCUT2D eigenvalue weighted by Crippen LogP contribution is -2.23. The van der Waals surface area contributed by atoms with Crippen molar-refractivity contribution >= 4 is 0 Å². The van der Waals surface area contributed by atoms with Crippen molar-refractivity contribution in [2.24, 2.45) is 0 Å². The molecule has 20 heavy (non-hydrogen) atoms.